The monoisotopic (exact) mass is 337 g/mol. The van der Waals surface area contributed by atoms with Gasteiger partial charge in [-0.1, -0.05) is 15.9 Å². The Hall–Kier alpha value is -0.750. The van der Waals surface area contributed by atoms with Crippen molar-refractivity contribution in [3.63, 3.8) is 0 Å². The predicted molar refractivity (Wildman–Crippen MR) is 70.1 cm³/mol. The number of benzene rings is 1. The fraction of sp³-hybridized carbons (Fsp3) is 0.538. The second-order valence-electron chi connectivity index (χ2n) is 4.77. The van der Waals surface area contributed by atoms with E-state index in [1.807, 2.05) is 6.07 Å². The molecule has 0 bridgehead atoms. The van der Waals surface area contributed by atoms with Gasteiger partial charge in [-0.05, 0) is 49.1 Å². The number of ether oxygens (including phenoxy) is 1. The molecule has 0 amide bonds. The Morgan fingerprint density at radius 1 is 1.26 bits per heavy atom. The normalized spacial score (nSPS) is 15.6. The molecule has 0 unspecified atom stereocenters. The van der Waals surface area contributed by atoms with E-state index in [1.165, 1.54) is 18.9 Å². The molecule has 0 radical (unpaired) electrons. The smallest absolute Gasteiger partial charge is 0.422 e. The summed E-state index contributed by atoms with van der Waals surface area (Å²) in [5, 5.41) is 3.29. The molecule has 1 aromatic rings. The van der Waals surface area contributed by atoms with Gasteiger partial charge in [-0.2, -0.15) is 13.2 Å². The summed E-state index contributed by atoms with van der Waals surface area (Å²) in [5.74, 6) is 1.00. The Bertz CT molecular complexity index is 432. The quantitative estimate of drug-likeness (QED) is 0.850. The lowest BCUT2D eigenvalue weighted by atomic mass is 10.2. The molecule has 1 N–H and O–H groups in total. The van der Waals surface area contributed by atoms with Crippen LogP contribution in [0.1, 0.15) is 18.4 Å². The van der Waals surface area contributed by atoms with Crippen LogP contribution >= 0.6 is 15.9 Å². The summed E-state index contributed by atoms with van der Waals surface area (Å²) in [7, 11) is 0. The summed E-state index contributed by atoms with van der Waals surface area (Å²) >= 11 is 3.28. The van der Waals surface area contributed by atoms with Crippen LogP contribution in [0.2, 0.25) is 0 Å². The average Bonchev–Trinajstić information content (AvgIpc) is 3.09. The molecular weight excluding hydrogens is 323 g/mol. The zero-order chi connectivity index (χ0) is 13.9. The van der Waals surface area contributed by atoms with Gasteiger partial charge >= 0.3 is 6.18 Å². The van der Waals surface area contributed by atoms with E-state index in [0.29, 0.717) is 6.54 Å². The molecular formula is C13H15BrF3NO. The van der Waals surface area contributed by atoms with E-state index in [0.717, 1.165) is 22.5 Å². The zero-order valence-corrected chi connectivity index (χ0v) is 11.9. The van der Waals surface area contributed by atoms with Gasteiger partial charge in [0, 0.05) is 11.0 Å². The van der Waals surface area contributed by atoms with Crippen molar-refractivity contribution in [2.75, 3.05) is 13.2 Å². The lowest BCUT2D eigenvalue weighted by molar-refractivity contribution is -0.153. The van der Waals surface area contributed by atoms with E-state index in [2.05, 4.69) is 21.2 Å². The van der Waals surface area contributed by atoms with Crippen molar-refractivity contribution >= 4 is 15.9 Å². The average molecular weight is 338 g/mol. The lowest BCUT2D eigenvalue weighted by Crippen LogP contribution is -2.19. The van der Waals surface area contributed by atoms with E-state index in [4.69, 9.17) is 4.74 Å². The maximum absolute atomic E-state index is 12.1. The molecule has 1 aromatic carbocycles. The summed E-state index contributed by atoms with van der Waals surface area (Å²) in [5.41, 5.74) is 0.909. The van der Waals surface area contributed by atoms with Crippen molar-refractivity contribution in [1.82, 2.24) is 5.32 Å². The molecule has 1 saturated carbocycles. The minimum atomic E-state index is -4.31. The minimum absolute atomic E-state index is 0.231. The maximum atomic E-state index is 12.1. The van der Waals surface area contributed by atoms with E-state index < -0.39 is 12.8 Å². The summed E-state index contributed by atoms with van der Waals surface area (Å²) in [6, 6.07) is 5.05. The Morgan fingerprint density at radius 2 is 2.00 bits per heavy atom. The lowest BCUT2D eigenvalue weighted by Gasteiger charge is -2.11. The first kappa shape index (κ1) is 14.7. The van der Waals surface area contributed by atoms with Crippen LogP contribution in [0, 0.1) is 5.92 Å². The number of rotatable bonds is 6. The molecule has 6 heteroatoms. The van der Waals surface area contributed by atoms with Crippen LogP contribution in [0.15, 0.2) is 22.7 Å². The third-order valence-corrected chi connectivity index (χ3v) is 3.25. The first-order valence-corrected chi connectivity index (χ1v) is 6.91. The van der Waals surface area contributed by atoms with Crippen molar-refractivity contribution < 1.29 is 17.9 Å². The molecule has 0 aromatic heterocycles. The first-order valence-electron chi connectivity index (χ1n) is 6.12. The maximum Gasteiger partial charge on any atom is 0.422 e. The molecule has 0 heterocycles. The topological polar surface area (TPSA) is 21.3 Å². The van der Waals surface area contributed by atoms with Gasteiger partial charge in [-0.15, -0.1) is 0 Å². The molecule has 1 aliphatic rings. The zero-order valence-electron chi connectivity index (χ0n) is 10.3. The second-order valence-corrected chi connectivity index (χ2v) is 5.69. The van der Waals surface area contributed by atoms with Crippen LogP contribution in [-0.2, 0) is 6.54 Å². The van der Waals surface area contributed by atoms with Gasteiger partial charge in [0.15, 0.2) is 6.61 Å². The largest absolute Gasteiger partial charge is 0.484 e. The van der Waals surface area contributed by atoms with Gasteiger partial charge in [-0.25, -0.2) is 0 Å². The SMILES string of the molecule is FC(F)(F)COc1cc(Br)cc(CNCC2CC2)c1. The number of hydrogen-bond donors (Lipinski definition) is 1. The Labute approximate surface area is 118 Å². The highest BCUT2D eigenvalue weighted by atomic mass is 79.9. The van der Waals surface area contributed by atoms with Crippen molar-refractivity contribution in [3.05, 3.63) is 28.2 Å². The second kappa shape index (κ2) is 6.13. The summed E-state index contributed by atoms with van der Waals surface area (Å²) < 4.78 is 41.7. The highest BCUT2D eigenvalue weighted by Gasteiger charge is 2.28. The molecule has 2 nitrogen and oxygen atoms in total. The van der Waals surface area contributed by atoms with E-state index in [-0.39, 0.29) is 5.75 Å². The van der Waals surface area contributed by atoms with Crippen LogP contribution in [0.3, 0.4) is 0 Å². The fourth-order valence-electron chi connectivity index (χ4n) is 1.71. The Kier molecular flexibility index (Phi) is 4.73. The van der Waals surface area contributed by atoms with E-state index in [1.54, 1.807) is 6.07 Å². The fourth-order valence-corrected chi connectivity index (χ4v) is 2.23. The molecule has 2 rings (SSSR count). The molecule has 106 valence electrons. The van der Waals surface area contributed by atoms with Gasteiger partial charge in [0.2, 0.25) is 0 Å². The van der Waals surface area contributed by atoms with Gasteiger partial charge < -0.3 is 10.1 Å². The van der Waals surface area contributed by atoms with Crippen molar-refractivity contribution in [1.29, 1.82) is 0 Å². The van der Waals surface area contributed by atoms with Gasteiger partial charge in [0.25, 0.3) is 0 Å². The summed E-state index contributed by atoms with van der Waals surface area (Å²) in [6.45, 7) is 0.335. The summed E-state index contributed by atoms with van der Waals surface area (Å²) in [4.78, 5) is 0. The van der Waals surface area contributed by atoms with Crippen LogP contribution in [0.25, 0.3) is 0 Å². The third kappa shape index (κ3) is 5.82. The van der Waals surface area contributed by atoms with Crippen LogP contribution in [0.4, 0.5) is 13.2 Å². The molecule has 1 fully saturated rings. The number of hydrogen-bond acceptors (Lipinski definition) is 2. The highest BCUT2D eigenvalue weighted by molar-refractivity contribution is 9.10. The molecule has 1 aliphatic carbocycles. The van der Waals surface area contributed by atoms with Gasteiger partial charge in [-0.3, -0.25) is 0 Å². The minimum Gasteiger partial charge on any atom is -0.484 e. The van der Waals surface area contributed by atoms with Crippen LogP contribution in [-0.4, -0.2) is 19.3 Å². The molecule has 19 heavy (non-hydrogen) atoms. The molecule has 0 aliphatic heterocycles. The van der Waals surface area contributed by atoms with Gasteiger partial charge in [0.1, 0.15) is 5.75 Å². The first-order chi connectivity index (χ1) is 8.92. The van der Waals surface area contributed by atoms with Crippen molar-refractivity contribution in [2.24, 2.45) is 5.92 Å². The molecule has 0 atom stereocenters. The van der Waals surface area contributed by atoms with Crippen LogP contribution in [0.5, 0.6) is 5.75 Å². The van der Waals surface area contributed by atoms with Gasteiger partial charge in [0.05, 0.1) is 0 Å². The molecule has 0 saturated heterocycles. The Morgan fingerprint density at radius 3 is 2.63 bits per heavy atom. The predicted octanol–water partition coefficient (Wildman–Crippen LogP) is 3.89. The number of nitrogens with one attached hydrogen (secondary N) is 1. The highest BCUT2D eigenvalue weighted by Crippen LogP contribution is 2.28. The molecule has 0 spiro atoms. The van der Waals surface area contributed by atoms with Crippen molar-refractivity contribution in [3.8, 4) is 5.75 Å². The van der Waals surface area contributed by atoms with Crippen molar-refractivity contribution in [2.45, 2.75) is 25.6 Å². The standard InChI is InChI=1S/C13H15BrF3NO/c14-11-3-10(7-18-6-9-1-2-9)4-12(5-11)19-8-13(15,16)17/h3-5,9,18H,1-2,6-8H2. The number of halogens is 4. The van der Waals surface area contributed by atoms with E-state index >= 15 is 0 Å². The Balaban J connectivity index is 1.89. The third-order valence-electron chi connectivity index (χ3n) is 2.79. The van der Waals surface area contributed by atoms with Crippen LogP contribution < -0.4 is 10.1 Å². The number of alkyl halides is 3. The summed E-state index contributed by atoms with van der Waals surface area (Å²) in [6.07, 6.45) is -1.77. The van der Waals surface area contributed by atoms with E-state index in [9.17, 15) is 13.2 Å².